The van der Waals surface area contributed by atoms with E-state index in [1.165, 1.54) is 12.1 Å². The van der Waals surface area contributed by atoms with Crippen molar-refractivity contribution in [2.45, 2.75) is 33.6 Å². The highest BCUT2D eigenvalue weighted by Crippen LogP contribution is 2.25. The fourth-order valence-corrected chi connectivity index (χ4v) is 1.94. The van der Waals surface area contributed by atoms with Gasteiger partial charge in [0.1, 0.15) is 0 Å². The monoisotopic (exact) mass is 266 g/mol. The van der Waals surface area contributed by atoms with Crippen molar-refractivity contribution in [3.05, 3.63) is 23.8 Å². The highest BCUT2D eigenvalue weighted by molar-refractivity contribution is 5.71. The fraction of sp³-hybridized carbons (Fsp3) is 0.533. The number of aromatic hydroxyl groups is 2. The minimum Gasteiger partial charge on any atom is -0.504 e. The van der Waals surface area contributed by atoms with E-state index in [0.29, 0.717) is 12.3 Å². The molecular weight excluding hydrogens is 244 g/mol. The van der Waals surface area contributed by atoms with Crippen LogP contribution in [0.1, 0.15) is 32.8 Å². The van der Waals surface area contributed by atoms with Gasteiger partial charge in [0.2, 0.25) is 0 Å². The van der Waals surface area contributed by atoms with Crippen molar-refractivity contribution >= 4 is 5.97 Å². The number of rotatable bonds is 6. The first-order valence-electron chi connectivity index (χ1n) is 6.57. The molecule has 0 aliphatic carbocycles. The Balaban J connectivity index is 2.37. The number of phenols is 2. The van der Waals surface area contributed by atoms with Gasteiger partial charge >= 0.3 is 5.97 Å². The molecule has 1 unspecified atom stereocenters. The Morgan fingerprint density at radius 3 is 2.47 bits per heavy atom. The highest BCUT2D eigenvalue weighted by Gasteiger charge is 2.15. The molecule has 1 aromatic carbocycles. The minimum atomic E-state index is -0.184. The summed E-state index contributed by atoms with van der Waals surface area (Å²) in [6.45, 7) is 6.30. The molecule has 0 amide bonds. The fourth-order valence-electron chi connectivity index (χ4n) is 1.94. The van der Waals surface area contributed by atoms with Crippen molar-refractivity contribution in [1.82, 2.24) is 0 Å². The van der Waals surface area contributed by atoms with E-state index in [0.717, 1.165) is 12.0 Å². The number of carbonyl (C=O) groups excluding carboxylic acids is 1. The molecule has 0 saturated heterocycles. The third-order valence-corrected chi connectivity index (χ3v) is 2.90. The summed E-state index contributed by atoms with van der Waals surface area (Å²) in [5, 5.41) is 18.5. The maximum Gasteiger partial charge on any atom is 0.308 e. The minimum absolute atomic E-state index is 0.0896. The maximum absolute atomic E-state index is 11.7. The van der Waals surface area contributed by atoms with Gasteiger partial charge in [0, 0.05) is 6.42 Å². The van der Waals surface area contributed by atoms with Gasteiger partial charge in [-0.1, -0.05) is 26.8 Å². The van der Waals surface area contributed by atoms with Gasteiger partial charge in [-0.2, -0.15) is 0 Å². The zero-order chi connectivity index (χ0) is 14.4. The average Bonchev–Trinajstić information content (AvgIpc) is 2.32. The van der Waals surface area contributed by atoms with E-state index in [-0.39, 0.29) is 30.0 Å². The van der Waals surface area contributed by atoms with Crippen molar-refractivity contribution in [3.8, 4) is 11.5 Å². The predicted molar refractivity (Wildman–Crippen MR) is 73.1 cm³/mol. The standard InChI is InChI=1S/C15H22O4/c1-10(2)8-11(3)15(18)19-7-6-12-4-5-13(16)14(17)9-12/h4-5,9-11,16-17H,6-8H2,1-3H3. The molecule has 0 spiro atoms. The van der Waals surface area contributed by atoms with Crippen LogP contribution < -0.4 is 0 Å². The van der Waals surface area contributed by atoms with E-state index >= 15 is 0 Å². The van der Waals surface area contributed by atoms with Gasteiger partial charge in [-0.15, -0.1) is 0 Å². The van der Waals surface area contributed by atoms with Crippen molar-refractivity contribution in [1.29, 1.82) is 0 Å². The summed E-state index contributed by atoms with van der Waals surface area (Å²) in [6.07, 6.45) is 1.34. The topological polar surface area (TPSA) is 66.8 Å². The Hall–Kier alpha value is -1.71. The first-order chi connectivity index (χ1) is 8.90. The maximum atomic E-state index is 11.7. The van der Waals surface area contributed by atoms with Crippen LogP contribution in [0.15, 0.2) is 18.2 Å². The van der Waals surface area contributed by atoms with Crippen molar-refractivity contribution < 1.29 is 19.7 Å². The van der Waals surface area contributed by atoms with Crippen LogP contribution in [-0.4, -0.2) is 22.8 Å². The Morgan fingerprint density at radius 1 is 1.21 bits per heavy atom. The van der Waals surface area contributed by atoms with Gasteiger partial charge in [0.05, 0.1) is 12.5 Å². The molecule has 0 saturated carbocycles. The van der Waals surface area contributed by atoms with E-state index in [4.69, 9.17) is 4.74 Å². The highest BCUT2D eigenvalue weighted by atomic mass is 16.5. The molecule has 4 heteroatoms. The van der Waals surface area contributed by atoms with Crippen molar-refractivity contribution in [2.24, 2.45) is 11.8 Å². The number of esters is 1. The first kappa shape index (κ1) is 15.3. The average molecular weight is 266 g/mol. The molecule has 1 atom stereocenters. The van der Waals surface area contributed by atoms with Crippen LogP contribution in [0.2, 0.25) is 0 Å². The molecule has 1 aromatic rings. The normalized spacial score (nSPS) is 12.4. The lowest BCUT2D eigenvalue weighted by Crippen LogP contribution is -2.17. The molecule has 0 aliphatic heterocycles. The molecule has 0 bridgehead atoms. The third-order valence-electron chi connectivity index (χ3n) is 2.90. The number of hydrogen-bond acceptors (Lipinski definition) is 4. The molecule has 0 aromatic heterocycles. The Kier molecular flexibility index (Phi) is 5.67. The van der Waals surface area contributed by atoms with Crippen molar-refractivity contribution in [2.75, 3.05) is 6.61 Å². The summed E-state index contributed by atoms with van der Waals surface area (Å²) in [5.41, 5.74) is 0.819. The number of phenolic OH excluding ortho intramolecular Hbond substituents is 2. The summed E-state index contributed by atoms with van der Waals surface area (Å²) in [7, 11) is 0. The molecule has 4 nitrogen and oxygen atoms in total. The number of hydrogen-bond donors (Lipinski definition) is 2. The zero-order valence-corrected chi connectivity index (χ0v) is 11.7. The van der Waals surface area contributed by atoms with Crippen molar-refractivity contribution in [3.63, 3.8) is 0 Å². The first-order valence-corrected chi connectivity index (χ1v) is 6.57. The summed E-state index contributed by atoms with van der Waals surface area (Å²) in [6, 6.07) is 4.59. The van der Waals surface area contributed by atoms with Crippen LogP contribution >= 0.6 is 0 Å². The summed E-state index contributed by atoms with van der Waals surface area (Å²) < 4.78 is 5.20. The largest absolute Gasteiger partial charge is 0.504 e. The molecular formula is C15H22O4. The molecule has 2 N–H and O–H groups in total. The van der Waals surface area contributed by atoms with E-state index in [2.05, 4.69) is 13.8 Å². The number of carbonyl (C=O) groups is 1. The number of benzene rings is 1. The summed E-state index contributed by atoms with van der Waals surface area (Å²) in [4.78, 5) is 11.7. The van der Waals surface area contributed by atoms with E-state index in [1.807, 2.05) is 6.92 Å². The Morgan fingerprint density at radius 2 is 1.89 bits per heavy atom. The third kappa shape index (κ3) is 5.20. The quantitative estimate of drug-likeness (QED) is 0.613. The molecule has 0 fully saturated rings. The van der Waals surface area contributed by atoms with Gasteiger partial charge in [0.25, 0.3) is 0 Å². The number of ether oxygens (including phenoxy) is 1. The lowest BCUT2D eigenvalue weighted by molar-refractivity contribution is -0.148. The van der Waals surface area contributed by atoms with E-state index in [9.17, 15) is 15.0 Å². The Bertz CT molecular complexity index is 426. The molecule has 0 aliphatic rings. The Labute approximate surface area is 114 Å². The summed E-state index contributed by atoms with van der Waals surface area (Å²) >= 11 is 0. The van der Waals surface area contributed by atoms with E-state index < -0.39 is 0 Å². The van der Waals surface area contributed by atoms with Crippen LogP contribution in [0.3, 0.4) is 0 Å². The van der Waals surface area contributed by atoms with Crippen LogP contribution in [0.5, 0.6) is 11.5 Å². The molecule has 19 heavy (non-hydrogen) atoms. The SMILES string of the molecule is CC(C)CC(C)C(=O)OCCc1ccc(O)c(O)c1. The molecule has 106 valence electrons. The molecule has 0 heterocycles. The van der Waals surface area contributed by atoms with Gasteiger partial charge < -0.3 is 14.9 Å². The van der Waals surface area contributed by atoms with Crippen LogP contribution in [-0.2, 0) is 16.0 Å². The van der Waals surface area contributed by atoms with Gasteiger partial charge in [0.15, 0.2) is 11.5 Å². The van der Waals surface area contributed by atoms with Gasteiger partial charge in [-0.3, -0.25) is 4.79 Å². The second-order valence-electron chi connectivity index (χ2n) is 5.27. The van der Waals surface area contributed by atoms with E-state index in [1.54, 1.807) is 6.07 Å². The predicted octanol–water partition coefficient (Wildman–Crippen LogP) is 2.87. The smallest absolute Gasteiger partial charge is 0.308 e. The van der Waals surface area contributed by atoms with Gasteiger partial charge in [-0.25, -0.2) is 0 Å². The lowest BCUT2D eigenvalue weighted by atomic mass is 9.99. The lowest BCUT2D eigenvalue weighted by Gasteiger charge is -2.13. The van der Waals surface area contributed by atoms with Crippen LogP contribution in [0.25, 0.3) is 0 Å². The second kappa shape index (κ2) is 7.02. The zero-order valence-electron chi connectivity index (χ0n) is 11.7. The van der Waals surface area contributed by atoms with Gasteiger partial charge in [-0.05, 0) is 30.0 Å². The van der Waals surface area contributed by atoms with Crippen LogP contribution in [0.4, 0.5) is 0 Å². The van der Waals surface area contributed by atoms with Crippen LogP contribution in [0, 0.1) is 11.8 Å². The second-order valence-corrected chi connectivity index (χ2v) is 5.27. The molecule has 0 radical (unpaired) electrons. The summed E-state index contributed by atoms with van der Waals surface area (Å²) in [5.74, 6) is -0.107. The molecule has 1 rings (SSSR count).